The van der Waals surface area contributed by atoms with Crippen LogP contribution in [0.15, 0.2) is 94.3 Å². The van der Waals surface area contributed by atoms with Crippen LogP contribution >= 0.6 is 43.6 Å². The van der Waals surface area contributed by atoms with Gasteiger partial charge in [0.2, 0.25) is 0 Å². The zero-order valence-corrected chi connectivity index (χ0v) is 16.2. The summed E-state index contributed by atoms with van der Waals surface area (Å²) in [4.78, 5) is 2.39. The first kappa shape index (κ1) is 16.6. The largest absolute Gasteiger partial charge is 0.0871 e. The van der Waals surface area contributed by atoms with Gasteiger partial charge in [-0.15, -0.1) is 0 Å². The Morgan fingerprint density at radius 2 is 1.17 bits per heavy atom. The van der Waals surface area contributed by atoms with Gasteiger partial charge in [-0.05, 0) is 55.1 Å². The van der Waals surface area contributed by atoms with Crippen molar-refractivity contribution >= 4 is 53.0 Å². The van der Waals surface area contributed by atoms with Crippen molar-refractivity contribution in [3.05, 3.63) is 101 Å². The maximum atomic E-state index is 3.81. The van der Waals surface area contributed by atoms with E-state index in [1.54, 1.807) is 11.8 Å². The first-order chi connectivity index (χ1) is 11.3. The quantitative estimate of drug-likeness (QED) is 0.296. The first-order valence-electron chi connectivity index (χ1n) is 7.18. The summed E-state index contributed by atoms with van der Waals surface area (Å²) in [5.74, 6) is 0. The van der Waals surface area contributed by atoms with Crippen molar-refractivity contribution in [2.24, 2.45) is 0 Å². The van der Waals surface area contributed by atoms with Crippen molar-refractivity contribution < 1.29 is 0 Å². The molecule has 0 unspecified atom stereocenters. The lowest BCUT2D eigenvalue weighted by molar-refractivity contribution is 1.42. The summed E-state index contributed by atoms with van der Waals surface area (Å²) in [6, 6.07) is 29.2. The minimum Gasteiger partial charge on any atom is -0.0871 e. The van der Waals surface area contributed by atoms with Crippen LogP contribution in [0.1, 0.15) is 11.1 Å². The Bertz CT molecular complexity index is 811. The van der Waals surface area contributed by atoms with Gasteiger partial charge in [0.1, 0.15) is 0 Å². The number of halogens is 2. The molecule has 0 radical (unpaired) electrons. The number of benzene rings is 3. The molecule has 0 spiro atoms. The van der Waals surface area contributed by atoms with Crippen molar-refractivity contribution in [1.29, 1.82) is 0 Å². The normalized spacial score (nSPS) is 11.9. The van der Waals surface area contributed by atoms with Crippen molar-refractivity contribution in [2.75, 3.05) is 0 Å². The molecular weight excluding hydrogens is 432 g/mol. The molecule has 0 nitrogen and oxygen atoms in total. The molecule has 0 bridgehead atoms. The van der Waals surface area contributed by atoms with Crippen LogP contribution < -0.4 is 0 Å². The van der Waals surface area contributed by atoms with Gasteiger partial charge in [0.15, 0.2) is 0 Å². The Hall–Kier alpha value is -1.29. The molecule has 0 saturated heterocycles. The van der Waals surface area contributed by atoms with E-state index in [1.807, 2.05) is 18.2 Å². The van der Waals surface area contributed by atoms with Gasteiger partial charge in [-0.1, -0.05) is 84.6 Å². The van der Waals surface area contributed by atoms with Crippen molar-refractivity contribution in [3.8, 4) is 0 Å². The molecule has 0 aliphatic rings. The van der Waals surface area contributed by atoms with Gasteiger partial charge in [-0.25, -0.2) is 0 Å². The smallest absolute Gasteiger partial charge is 0.0393 e. The number of hydrogen-bond donors (Lipinski definition) is 0. The van der Waals surface area contributed by atoms with Crippen LogP contribution in [0.3, 0.4) is 0 Å². The van der Waals surface area contributed by atoms with E-state index in [4.69, 9.17) is 0 Å². The van der Waals surface area contributed by atoms with Crippen LogP contribution in [-0.2, 0) is 0 Å². The first-order valence-corrected chi connectivity index (χ1v) is 9.59. The molecular formula is C20H14Br2S. The zero-order chi connectivity index (χ0) is 16.1. The Labute approximate surface area is 157 Å². The Kier molecular flexibility index (Phi) is 5.76. The predicted molar refractivity (Wildman–Crippen MR) is 109 cm³/mol. The SMILES string of the molecule is Br/C(=C(\Sc1ccccc1Br)c1ccccc1)c1ccccc1. The van der Waals surface area contributed by atoms with Crippen molar-refractivity contribution in [3.63, 3.8) is 0 Å². The molecule has 0 atom stereocenters. The van der Waals surface area contributed by atoms with Crippen LogP contribution in [0.5, 0.6) is 0 Å². The van der Waals surface area contributed by atoms with Crippen LogP contribution in [0.4, 0.5) is 0 Å². The highest BCUT2D eigenvalue weighted by Gasteiger charge is 2.12. The molecule has 0 aliphatic carbocycles. The van der Waals surface area contributed by atoms with Gasteiger partial charge < -0.3 is 0 Å². The summed E-state index contributed by atoms with van der Waals surface area (Å²) in [5.41, 5.74) is 2.37. The number of rotatable bonds is 4. The molecule has 0 aromatic heterocycles. The second-order valence-corrected chi connectivity index (χ2v) is 7.61. The lowest BCUT2D eigenvalue weighted by Crippen LogP contribution is -1.86. The van der Waals surface area contributed by atoms with E-state index in [0.717, 1.165) is 8.96 Å². The molecule has 3 rings (SSSR count). The fourth-order valence-electron chi connectivity index (χ4n) is 2.17. The second kappa shape index (κ2) is 8.00. The molecule has 114 valence electrons. The van der Waals surface area contributed by atoms with Crippen LogP contribution in [0, 0.1) is 0 Å². The molecule has 0 fully saturated rings. The summed E-state index contributed by atoms with van der Waals surface area (Å²) in [6.45, 7) is 0. The lowest BCUT2D eigenvalue weighted by atomic mass is 10.1. The standard InChI is InChI=1S/C20H14Br2S/c21-17-13-7-8-14-18(17)23-20(16-11-5-2-6-12-16)19(22)15-9-3-1-4-10-15/h1-14H/b20-19-. The minimum absolute atomic E-state index is 1.10. The summed E-state index contributed by atoms with van der Waals surface area (Å²) in [6.07, 6.45) is 0. The summed E-state index contributed by atoms with van der Waals surface area (Å²) >= 11 is 9.22. The second-order valence-electron chi connectivity index (χ2n) is 4.91. The van der Waals surface area contributed by atoms with Crippen LogP contribution in [0.25, 0.3) is 9.39 Å². The van der Waals surface area contributed by atoms with E-state index in [-0.39, 0.29) is 0 Å². The molecule has 0 saturated carbocycles. The third-order valence-electron chi connectivity index (χ3n) is 3.31. The molecule has 0 heterocycles. The van der Waals surface area contributed by atoms with E-state index < -0.39 is 0 Å². The highest BCUT2D eigenvalue weighted by Crippen LogP contribution is 2.44. The summed E-state index contributed by atoms with van der Waals surface area (Å²) in [5, 5.41) is 0. The molecule has 3 heteroatoms. The highest BCUT2D eigenvalue weighted by molar-refractivity contribution is 9.15. The zero-order valence-electron chi connectivity index (χ0n) is 12.2. The minimum atomic E-state index is 1.10. The van der Waals surface area contributed by atoms with E-state index >= 15 is 0 Å². The number of hydrogen-bond acceptors (Lipinski definition) is 1. The summed E-state index contributed by atoms with van der Waals surface area (Å²) < 4.78 is 2.21. The van der Waals surface area contributed by atoms with E-state index in [0.29, 0.717) is 0 Å². The van der Waals surface area contributed by atoms with Gasteiger partial charge in [-0.2, -0.15) is 0 Å². The van der Waals surface area contributed by atoms with Gasteiger partial charge in [-0.3, -0.25) is 0 Å². The topological polar surface area (TPSA) is 0 Å². The predicted octanol–water partition coefficient (Wildman–Crippen LogP) is 7.46. The van der Waals surface area contributed by atoms with E-state index in [1.165, 1.54) is 20.9 Å². The Morgan fingerprint density at radius 1 is 0.652 bits per heavy atom. The molecule has 23 heavy (non-hydrogen) atoms. The summed E-state index contributed by atoms with van der Waals surface area (Å²) in [7, 11) is 0. The maximum Gasteiger partial charge on any atom is 0.0393 e. The third-order valence-corrected chi connectivity index (χ3v) is 6.60. The molecule has 0 aliphatic heterocycles. The van der Waals surface area contributed by atoms with E-state index in [2.05, 4.69) is 98.6 Å². The Balaban J connectivity index is 2.10. The van der Waals surface area contributed by atoms with Crippen LogP contribution in [-0.4, -0.2) is 0 Å². The van der Waals surface area contributed by atoms with E-state index in [9.17, 15) is 0 Å². The monoisotopic (exact) mass is 444 g/mol. The average Bonchev–Trinajstić information content (AvgIpc) is 2.62. The molecule has 3 aromatic rings. The number of thioether (sulfide) groups is 1. The lowest BCUT2D eigenvalue weighted by Gasteiger charge is -2.13. The average molecular weight is 446 g/mol. The van der Waals surface area contributed by atoms with Gasteiger partial charge >= 0.3 is 0 Å². The molecule has 3 aromatic carbocycles. The van der Waals surface area contributed by atoms with Gasteiger partial charge in [0.25, 0.3) is 0 Å². The molecule has 0 N–H and O–H groups in total. The fourth-order valence-corrected chi connectivity index (χ4v) is 4.43. The molecule has 0 amide bonds. The Morgan fingerprint density at radius 3 is 1.78 bits per heavy atom. The maximum absolute atomic E-state index is 3.81. The fraction of sp³-hybridized carbons (Fsp3) is 0. The third kappa shape index (κ3) is 4.17. The van der Waals surface area contributed by atoms with Gasteiger partial charge in [0.05, 0.1) is 0 Å². The van der Waals surface area contributed by atoms with Crippen molar-refractivity contribution in [2.45, 2.75) is 4.90 Å². The van der Waals surface area contributed by atoms with Crippen LogP contribution in [0.2, 0.25) is 0 Å². The van der Waals surface area contributed by atoms with Crippen molar-refractivity contribution in [1.82, 2.24) is 0 Å². The highest BCUT2D eigenvalue weighted by atomic mass is 79.9. The van der Waals surface area contributed by atoms with Gasteiger partial charge in [0, 0.05) is 18.8 Å².